The molecule has 9 aromatic carbocycles. The molecule has 2 heteroatoms. The summed E-state index contributed by atoms with van der Waals surface area (Å²) < 4.78 is 2.65. The van der Waals surface area contributed by atoms with E-state index < -0.39 is 0 Å². The van der Waals surface area contributed by atoms with E-state index in [1.807, 2.05) is 11.3 Å². The molecule has 0 saturated carbocycles. The van der Waals surface area contributed by atoms with Gasteiger partial charge < -0.3 is 0 Å². The maximum Gasteiger partial charge on any atom is 0.0788 e. The van der Waals surface area contributed by atoms with E-state index in [0.29, 0.717) is 0 Å². The Bertz CT molecular complexity index is 3130. The van der Waals surface area contributed by atoms with E-state index in [-0.39, 0.29) is 0 Å². The summed E-state index contributed by atoms with van der Waals surface area (Å²) in [6.45, 7) is 0. The van der Waals surface area contributed by atoms with Gasteiger partial charge in [0, 0.05) is 41.9 Å². The molecule has 0 N–H and O–H groups in total. The van der Waals surface area contributed by atoms with Crippen molar-refractivity contribution in [3.8, 4) is 33.5 Å². The third-order valence-corrected chi connectivity index (χ3v) is 11.8. The molecule has 0 aliphatic carbocycles. The van der Waals surface area contributed by atoms with E-state index >= 15 is 0 Å². The average molecular weight is 664 g/mol. The lowest BCUT2D eigenvalue weighted by molar-refractivity contribution is 1.43. The quantitative estimate of drug-likeness (QED) is 0.135. The van der Waals surface area contributed by atoms with Crippen molar-refractivity contribution in [2.24, 2.45) is 0 Å². The maximum absolute atomic E-state index is 5.44. The number of benzene rings is 9. The summed E-state index contributed by atoms with van der Waals surface area (Å²) in [6, 6.07) is 64.4. The molecule has 0 radical (unpaired) electrons. The van der Waals surface area contributed by atoms with Crippen LogP contribution in [0.5, 0.6) is 0 Å². The third-order valence-electron chi connectivity index (χ3n) is 10.6. The molecule has 0 unspecified atom stereocenters. The van der Waals surface area contributed by atoms with E-state index in [0.717, 1.165) is 16.8 Å². The fraction of sp³-hybridized carbons (Fsp3) is 0. The average Bonchev–Trinajstić information content (AvgIpc) is 3.57. The summed E-state index contributed by atoms with van der Waals surface area (Å²) in [4.78, 5) is 5.44. The molecule has 0 aliphatic rings. The molecule has 0 bridgehead atoms. The summed E-state index contributed by atoms with van der Waals surface area (Å²) in [6.07, 6.45) is 0. The first-order chi connectivity index (χ1) is 25.3. The SMILES string of the molecule is c1ccc(-c2nc3cc(-c4c5ccccc5c(-c5ccc6sc7ccccc7c6c5)c5ccccc45)ccc3c3c2ccc2ccccc23)cc1. The van der Waals surface area contributed by atoms with Gasteiger partial charge in [-0.1, -0.05) is 152 Å². The standard InChI is InChI=1S/C49H29NS/c1-2-13-31(14-3-1)49-41-26-22-30-12-4-5-15-34(30)48(41)40-25-23-33(29-43(40)50-49)47-38-19-8-6-17-36(38)46(37-18-7-9-20-39(37)47)32-24-27-45-42(28-32)35-16-10-11-21-44(35)51-45/h1-29H. The van der Waals surface area contributed by atoms with Crippen LogP contribution in [-0.2, 0) is 0 Å². The smallest absolute Gasteiger partial charge is 0.0788 e. The molecule has 0 aliphatic heterocycles. The van der Waals surface area contributed by atoms with Crippen LogP contribution in [0.3, 0.4) is 0 Å². The summed E-state index contributed by atoms with van der Waals surface area (Å²) >= 11 is 1.87. The lowest BCUT2D eigenvalue weighted by Crippen LogP contribution is -1.93. The minimum Gasteiger partial charge on any atom is -0.247 e. The number of fused-ring (bicyclic) bond motifs is 10. The molecule has 1 nitrogen and oxygen atoms in total. The van der Waals surface area contributed by atoms with Crippen LogP contribution >= 0.6 is 11.3 Å². The second-order valence-electron chi connectivity index (χ2n) is 13.4. The molecule has 11 rings (SSSR count). The Morgan fingerprint density at radius 1 is 0.333 bits per heavy atom. The molecule has 11 aromatic rings. The van der Waals surface area contributed by atoms with Gasteiger partial charge in [0.2, 0.25) is 0 Å². The highest BCUT2D eigenvalue weighted by Crippen LogP contribution is 2.46. The molecule has 0 fully saturated rings. The zero-order valence-corrected chi connectivity index (χ0v) is 28.4. The van der Waals surface area contributed by atoms with Crippen LogP contribution in [0.2, 0.25) is 0 Å². The fourth-order valence-corrected chi connectivity index (χ4v) is 9.47. The first-order valence-corrected chi connectivity index (χ1v) is 18.3. The fourth-order valence-electron chi connectivity index (χ4n) is 8.38. The van der Waals surface area contributed by atoms with Crippen molar-refractivity contribution in [2.45, 2.75) is 0 Å². The van der Waals surface area contributed by atoms with Gasteiger partial charge in [0.05, 0.1) is 11.2 Å². The van der Waals surface area contributed by atoms with Gasteiger partial charge in [-0.25, -0.2) is 4.98 Å². The van der Waals surface area contributed by atoms with Crippen molar-refractivity contribution in [3.05, 3.63) is 176 Å². The molecular formula is C49H29NS. The Morgan fingerprint density at radius 3 is 1.61 bits per heavy atom. The van der Waals surface area contributed by atoms with Crippen molar-refractivity contribution in [1.82, 2.24) is 4.98 Å². The number of pyridine rings is 1. The van der Waals surface area contributed by atoms with Gasteiger partial charge in [-0.05, 0) is 78.8 Å². The Labute approximate surface area is 298 Å². The van der Waals surface area contributed by atoms with Gasteiger partial charge in [0.1, 0.15) is 0 Å². The minimum absolute atomic E-state index is 1.00. The molecule has 0 atom stereocenters. The van der Waals surface area contributed by atoms with Crippen molar-refractivity contribution in [3.63, 3.8) is 0 Å². The summed E-state index contributed by atoms with van der Waals surface area (Å²) in [5.41, 5.74) is 8.09. The third kappa shape index (κ3) is 4.30. The summed E-state index contributed by atoms with van der Waals surface area (Å²) in [5, 5.41) is 13.7. The maximum atomic E-state index is 5.44. The Morgan fingerprint density at radius 2 is 0.882 bits per heavy atom. The van der Waals surface area contributed by atoms with Crippen LogP contribution in [0, 0.1) is 0 Å². The molecule has 0 saturated heterocycles. The number of thiophene rings is 1. The van der Waals surface area contributed by atoms with E-state index in [2.05, 4.69) is 176 Å². The number of nitrogens with zero attached hydrogens (tertiary/aromatic N) is 1. The highest BCUT2D eigenvalue weighted by molar-refractivity contribution is 7.25. The van der Waals surface area contributed by atoms with Crippen molar-refractivity contribution < 1.29 is 0 Å². The Balaban J connectivity index is 1.21. The summed E-state index contributed by atoms with van der Waals surface area (Å²) in [7, 11) is 0. The first kappa shape index (κ1) is 28.5. The second-order valence-corrected chi connectivity index (χ2v) is 14.5. The van der Waals surface area contributed by atoms with Gasteiger partial charge in [-0.3, -0.25) is 0 Å². The highest BCUT2D eigenvalue weighted by Gasteiger charge is 2.19. The van der Waals surface area contributed by atoms with E-state index in [1.165, 1.54) is 90.9 Å². The van der Waals surface area contributed by atoms with Crippen LogP contribution in [0.25, 0.3) is 108 Å². The van der Waals surface area contributed by atoms with Gasteiger partial charge >= 0.3 is 0 Å². The highest BCUT2D eigenvalue weighted by atomic mass is 32.1. The predicted molar refractivity (Wildman–Crippen MR) is 221 cm³/mol. The number of rotatable bonds is 3. The second kappa shape index (κ2) is 11.1. The zero-order valence-electron chi connectivity index (χ0n) is 27.6. The molecular weight excluding hydrogens is 635 g/mol. The number of hydrogen-bond acceptors (Lipinski definition) is 2. The van der Waals surface area contributed by atoms with Gasteiger partial charge in [0.15, 0.2) is 0 Å². The molecule has 0 spiro atoms. The van der Waals surface area contributed by atoms with Gasteiger partial charge in [-0.15, -0.1) is 11.3 Å². The van der Waals surface area contributed by atoms with Crippen molar-refractivity contribution in [1.29, 1.82) is 0 Å². The van der Waals surface area contributed by atoms with E-state index in [4.69, 9.17) is 4.98 Å². The van der Waals surface area contributed by atoms with E-state index in [9.17, 15) is 0 Å². The Kier molecular flexibility index (Phi) is 6.19. The predicted octanol–water partition coefficient (Wildman–Crippen LogP) is 14.2. The van der Waals surface area contributed by atoms with Crippen molar-refractivity contribution >= 4 is 85.5 Å². The Hall–Kier alpha value is -6.35. The van der Waals surface area contributed by atoms with E-state index in [1.54, 1.807) is 0 Å². The molecule has 2 aromatic heterocycles. The van der Waals surface area contributed by atoms with Crippen LogP contribution < -0.4 is 0 Å². The number of hydrogen-bond donors (Lipinski definition) is 0. The first-order valence-electron chi connectivity index (χ1n) is 17.5. The van der Waals surface area contributed by atoms with Crippen LogP contribution in [-0.4, -0.2) is 4.98 Å². The molecule has 2 heterocycles. The monoisotopic (exact) mass is 663 g/mol. The van der Waals surface area contributed by atoms with Crippen LogP contribution in [0.1, 0.15) is 0 Å². The van der Waals surface area contributed by atoms with Crippen molar-refractivity contribution in [2.75, 3.05) is 0 Å². The largest absolute Gasteiger partial charge is 0.247 e. The zero-order chi connectivity index (χ0) is 33.5. The lowest BCUT2D eigenvalue weighted by atomic mass is 9.85. The minimum atomic E-state index is 1.00. The lowest BCUT2D eigenvalue weighted by Gasteiger charge is -2.18. The molecule has 51 heavy (non-hydrogen) atoms. The number of aromatic nitrogens is 1. The molecule has 236 valence electrons. The van der Waals surface area contributed by atoms with Crippen LogP contribution in [0.4, 0.5) is 0 Å². The van der Waals surface area contributed by atoms with Gasteiger partial charge in [0.25, 0.3) is 0 Å². The topological polar surface area (TPSA) is 12.9 Å². The summed E-state index contributed by atoms with van der Waals surface area (Å²) in [5.74, 6) is 0. The molecule has 0 amide bonds. The van der Waals surface area contributed by atoms with Crippen LogP contribution in [0.15, 0.2) is 176 Å². The normalized spacial score (nSPS) is 11.9. The van der Waals surface area contributed by atoms with Gasteiger partial charge in [-0.2, -0.15) is 0 Å².